The number of rotatable bonds is 6. The van der Waals surface area contributed by atoms with Crippen molar-refractivity contribution < 1.29 is 19.5 Å². The maximum Gasteiger partial charge on any atom is 0.326 e. The molecule has 1 rings (SSSR count). The Hall–Kier alpha value is -2.38. The maximum atomic E-state index is 12.0. The van der Waals surface area contributed by atoms with Gasteiger partial charge in [0, 0.05) is 13.2 Å². The van der Waals surface area contributed by atoms with Crippen molar-refractivity contribution in [1.29, 1.82) is 0 Å². The standard InChI is InChI=1S/C11H16N4O4/c1-3-7-6(5-15(2)14-7)10(17)13-8(11(18)19)4-9(12)16/h5,8H,3-4H2,1-2H3,(H2,12,16)(H,13,17)(H,18,19). The zero-order chi connectivity index (χ0) is 14.6. The number of carbonyl (C=O) groups excluding carboxylic acids is 2. The van der Waals surface area contributed by atoms with E-state index in [1.165, 1.54) is 10.9 Å². The van der Waals surface area contributed by atoms with Crippen LogP contribution in [0.3, 0.4) is 0 Å². The van der Waals surface area contributed by atoms with Gasteiger partial charge in [-0.05, 0) is 6.42 Å². The van der Waals surface area contributed by atoms with Gasteiger partial charge in [0.05, 0.1) is 17.7 Å². The van der Waals surface area contributed by atoms with E-state index in [9.17, 15) is 14.4 Å². The van der Waals surface area contributed by atoms with Crippen molar-refractivity contribution >= 4 is 17.8 Å². The minimum atomic E-state index is -1.34. The predicted octanol–water partition coefficient (Wildman–Crippen LogP) is -0.959. The van der Waals surface area contributed by atoms with Crippen molar-refractivity contribution in [2.24, 2.45) is 12.8 Å². The molecule has 0 fully saturated rings. The minimum absolute atomic E-state index is 0.292. The summed E-state index contributed by atoms with van der Waals surface area (Å²) in [5.41, 5.74) is 5.79. The number of carbonyl (C=O) groups is 3. The first kappa shape index (κ1) is 14.7. The predicted molar refractivity (Wildman–Crippen MR) is 65.3 cm³/mol. The number of aryl methyl sites for hydroxylation is 2. The molecule has 1 unspecified atom stereocenters. The Balaban J connectivity index is 2.87. The van der Waals surface area contributed by atoms with Gasteiger partial charge in [-0.1, -0.05) is 6.92 Å². The number of amides is 2. The van der Waals surface area contributed by atoms with Crippen molar-refractivity contribution in [3.63, 3.8) is 0 Å². The van der Waals surface area contributed by atoms with Crippen LogP contribution < -0.4 is 11.1 Å². The fourth-order valence-corrected chi connectivity index (χ4v) is 1.62. The topological polar surface area (TPSA) is 127 Å². The number of hydrogen-bond acceptors (Lipinski definition) is 4. The summed E-state index contributed by atoms with van der Waals surface area (Å²) in [5.74, 6) is -2.69. The molecule has 1 heterocycles. The van der Waals surface area contributed by atoms with Gasteiger partial charge in [-0.2, -0.15) is 5.10 Å². The lowest BCUT2D eigenvalue weighted by molar-refractivity contribution is -0.140. The number of hydrogen-bond donors (Lipinski definition) is 3. The third-order valence-electron chi connectivity index (χ3n) is 2.49. The SMILES string of the molecule is CCc1nn(C)cc1C(=O)NC(CC(N)=O)C(=O)O. The lowest BCUT2D eigenvalue weighted by Gasteiger charge is -2.12. The number of nitrogens with two attached hydrogens (primary N) is 1. The van der Waals surface area contributed by atoms with E-state index < -0.39 is 30.2 Å². The van der Waals surface area contributed by atoms with E-state index in [-0.39, 0.29) is 0 Å². The molecule has 8 heteroatoms. The van der Waals surface area contributed by atoms with Crippen LogP contribution in [0.25, 0.3) is 0 Å². The number of aliphatic carboxylic acids is 1. The number of primary amides is 1. The van der Waals surface area contributed by atoms with Gasteiger partial charge in [-0.3, -0.25) is 14.3 Å². The molecule has 0 saturated heterocycles. The first-order chi connectivity index (χ1) is 8.85. The van der Waals surface area contributed by atoms with Crippen molar-refractivity contribution in [1.82, 2.24) is 15.1 Å². The molecule has 1 atom stereocenters. The van der Waals surface area contributed by atoms with E-state index in [0.29, 0.717) is 17.7 Å². The lowest BCUT2D eigenvalue weighted by atomic mass is 10.1. The molecular weight excluding hydrogens is 252 g/mol. The molecule has 2 amide bonds. The molecule has 0 aliphatic rings. The molecule has 0 aliphatic heterocycles. The van der Waals surface area contributed by atoms with Crippen LogP contribution in [0, 0.1) is 0 Å². The summed E-state index contributed by atoms with van der Waals surface area (Å²) in [6.07, 6.45) is 1.58. The van der Waals surface area contributed by atoms with E-state index >= 15 is 0 Å². The molecule has 4 N–H and O–H groups in total. The van der Waals surface area contributed by atoms with Gasteiger partial charge in [0.1, 0.15) is 6.04 Å². The number of nitrogens with zero attached hydrogens (tertiary/aromatic N) is 2. The highest BCUT2D eigenvalue weighted by atomic mass is 16.4. The molecule has 0 spiro atoms. The molecule has 1 aromatic rings. The highest BCUT2D eigenvalue weighted by Crippen LogP contribution is 2.08. The van der Waals surface area contributed by atoms with Gasteiger partial charge in [0.2, 0.25) is 5.91 Å². The quantitative estimate of drug-likeness (QED) is 0.612. The Kier molecular flexibility index (Phi) is 4.62. The first-order valence-electron chi connectivity index (χ1n) is 5.69. The zero-order valence-electron chi connectivity index (χ0n) is 10.7. The summed E-state index contributed by atoms with van der Waals surface area (Å²) in [4.78, 5) is 33.6. The lowest BCUT2D eigenvalue weighted by Crippen LogP contribution is -2.43. The summed E-state index contributed by atoms with van der Waals surface area (Å²) in [6.45, 7) is 1.83. The monoisotopic (exact) mass is 268 g/mol. The molecule has 0 bridgehead atoms. The van der Waals surface area contributed by atoms with E-state index in [4.69, 9.17) is 10.8 Å². The summed E-state index contributed by atoms with van der Waals surface area (Å²) < 4.78 is 1.47. The van der Waals surface area contributed by atoms with Crippen LogP contribution in [-0.4, -0.2) is 38.7 Å². The first-order valence-corrected chi connectivity index (χ1v) is 5.69. The molecule has 0 radical (unpaired) electrons. The third-order valence-corrected chi connectivity index (χ3v) is 2.49. The van der Waals surface area contributed by atoms with Gasteiger partial charge >= 0.3 is 5.97 Å². The highest BCUT2D eigenvalue weighted by Gasteiger charge is 2.24. The molecule has 0 saturated carbocycles. The second-order valence-corrected chi connectivity index (χ2v) is 4.05. The number of carboxylic acids is 1. The highest BCUT2D eigenvalue weighted by molar-refractivity contribution is 5.98. The second-order valence-electron chi connectivity index (χ2n) is 4.05. The van der Waals surface area contributed by atoms with E-state index in [1.807, 2.05) is 6.92 Å². The molecule has 0 aromatic carbocycles. The number of aromatic nitrogens is 2. The summed E-state index contributed by atoms with van der Waals surface area (Å²) in [6, 6.07) is -1.34. The van der Waals surface area contributed by atoms with Crippen LogP contribution in [0.2, 0.25) is 0 Å². The average molecular weight is 268 g/mol. The molecule has 8 nitrogen and oxygen atoms in total. The minimum Gasteiger partial charge on any atom is -0.480 e. The summed E-state index contributed by atoms with van der Waals surface area (Å²) in [7, 11) is 1.66. The Bertz CT molecular complexity index is 509. The summed E-state index contributed by atoms with van der Waals surface area (Å²) in [5, 5.41) is 15.2. The maximum absolute atomic E-state index is 12.0. The van der Waals surface area contributed by atoms with E-state index in [0.717, 1.165) is 0 Å². The third kappa shape index (κ3) is 3.80. The van der Waals surface area contributed by atoms with Crippen molar-refractivity contribution in [3.05, 3.63) is 17.5 Å². The smallest absolute Gasteiger partial charge is 0.326 e. The fourth-order valence-electron chi connectivity index (χ4n) is 1.62. The normalized spacial score (nSPS) is 11.9. The Morgan fingerprint density at radius 1 is 1.53 bits per heavy atom. The zero-order valence-corrected chi connectivity index (χ0v) is 10.7. The van der Waals surface area contributed by atoms with Crippen molar-refractivity contribution in [3.8, 4) is 0 Å². The Morgan fingerprint density at radius 3 is 2.63 bits per heavy atom. The Morgan fingerprint density at radius 2 is 2.16 bits per heavy atom. The van der Waals surface area contributed by atoms with Gasteiger partial charge in [0.25, 0.3) is 5.91 Å². The largest absolute Gasteiger partial charge is 0.480 e. The van der Waals surface area contributed by atoms with Crippen LogP contribution in [0.5, 0.6) is 0 Å². The fraction of sp³-hybridized carbons (Fsp3) is 0.455. The second kappa shape index (κ2) is 5.98. The van der Waals surface area contributed by atoms with Gasteiger partial charge in [-0.15, -0.1) is 0 Å². The van der Waals surface area contributed by atoms with Gasteiger partial charge < -0.3 is 16.2 Å². The molecule has 104 valence electrons. The number of carboxylic acid groups (broad SMARTS) is 1. The molecule has 0 aliphatic carbocycles. The van der Waals surface area contributed by atoms with Crippen LogP contribution >= 0.6 is 0 Å². The van der Waals surface area contributed by atoms with Gasteiger partial charge in [0.15, 0.2) is 0 Å². The summed E-state index contributed by atoms with van der Waals surface area (Å²) >= 11 is 0. The van der Waals surface area contributed by atoms with Crippen LogP contribution in [0.1, 0.15) is 29.4 Å². The van der Waals surface area contributed by atoms with Crippen LogP contribution in [0.4, 0.5) is 0 Å². The number of nitrogens with one attached hydrogen (secondary N) is 1. The van der Waals surface area contributed by atoms with Crippen molar-refractivity contribution in [2.45, 2.75) is 25.8 Å². The van der Waals surface area contributed by atoms with E-state index in [1.54, 1.807) is 7.05 Å². The van der Waals surface area contributed by atoms with Gasteiger partial charge in [-0.25, -0.2) is 4.79 Å². The molecular formula is C11H16N4O4. The molecule has 1 aromatic heterocycles. The van der Waals surface area contributed by atoms with Crippen LogP contribution in [-0.2, 0) is 23.1 Å². The molecule has 19 heavy (non-hydrogen) atoms. The van der Waals surface area contributed by atoms with Crippen molar-refractivity contribution in [2.75, 3.05) is 0 Å². The van der Waals surface area contributed by atoms with E-state index in [2.05, 4.69) is 10.4 Å². The average Bonchev–Trinajstić information content (AvgIpc) is 2.68. The Labute approximate surface area is 109 Å². The van der Waals surface area contributed by atoms with Crippen LogP contribution in [0.15, 0.2) is 6.20 Å².